The molecule has 1 heterocycles. The van der Waals surface area contributed by atoms with Gasteiger partial charge in [-0.25, -0.2) is 0 Å². The molecule has 4 N–H and O–H groups in total. The van der Waals surface area contributed by atoms with Crippen LogP contribution >= 0.6 is 0 Å². The summed E-state index contributed by atoms with van der Waals surface area (Å²) in [7, 11) is 0. The molecule has 346 valence electrons. The Morgan fingerprint density at radius 1 is 0.750 bits per heavy atom. The Kier molecular flexibility index (Phi) is 19.8. The van der Waals surface area contributed by atoms with E-state index in [2.05, 4.69) is 21.3 Å². The zero-order valence-electron chi connectivity index (χ0n) is 38.2. The van der Waals surface area contributed by atoms with Gasteiger partial charge in [0.15, 0.2) is 11.6 Å². The molecule has 64 heavy (non-hydrogen) atoms. The molecule has 0 spiro atoms. The van der Waals surface area contributed by atoms with E-state index in [-0.39, 0.29) is 67.8 Å². The minimum atomic E-state index is -1.09. The van der Waals surface area contributed by atoms with Crippen molar-refractivity contribution in [1.82, 2.24) is 26.2 Å². The summed E-state index contributed by atoms with van der Waals surface area (Å²) in [5, 5.41) is 11.4. The van der Waals surface area contributed by atoms with Gasteiger partial charge < -0.3 is 35.5 Å². The SMILES string of the molecule is CCCOCCN(CC(=O)N[C@@H](CCc1ccccc1)C(=O)N[C@@H](CC(C)C)C(=O)N[C@@H](Cc1ccccc1)C(=O)N[C@@H](C)C(=O)[C@@]1(C)CO1)Cc1ccc(OC(C)=O)c(C(C)=O)c1. The van der Waals surface area contributed by atoms with Crippen LogP contribution in [0.3, 0.4) is 0 Å². The van der Waals surface area contributed by atoms with Crippen LogP contribution in [0.1, 0.15) is 94.8 Å². The van der Waals surface area contributed by atoms with Crippen molar-refractivity contribution in [3.8, 4) is 5.75 Å². The van der Waals surface area contributed by atoms with Gasteiger partial charge >= 0.3 is 5.97 Å². The van der Waals surface area contributed by atoms with E-state index >= 15 is 0 Å². The predicted molar refractivity (Wildman–Crippen MR) is 241 cm³/mol. The molecule has 1 saturated heterocycles. The number of esters is 1. The number of epoxide rings is 1. The molecule has 4 amide bonds. The van der Waals surface area contributed by atoms with Crippen LogP contribution in [0.25, 0.3) is 0 Å². The van der Waals surface area contributed by atoms with E-state index in [9.17, 15) is 33.6 Å². The van der Waals surface area contributed by atoms with Gasteiger partial charge in [-0.1, -0.05) is 87.5 Å². The number of ketones is 2. The van der Waals surface area contributed by atoms with Crippen molar-refractivity contribution < 1.29 is 47.8 Å². The van der Waals surface area contributed by atoms with Crippen LogP contribution in [-0.2, 0) is 57.6 Å². The first-order valence-electron chi connectivity index (χ1n) is 22.1. The molecule has 0 unspecified atom stereocenters. The Morgan fingerprint density at radius 3 is 1.95 bits per heavy atom. The van der Waals surface area contributed by atoms with Crippen molar-refractivity contribution >= 4 is 41.2 Å². The number of hydrogen-bond acceptors (Lipinski definition) is 11. The largest absolute Gasteiger partial charge is 0.426 e. The molecule has 0 aromatic heterocycles. The van der Waals surface area contributed by atoms with Gasteiger partial charge in [0.2, 0.25) is 23.6 Å². The number of carbonyl (C=O) groups is 7. The summed E-state index contributed by atoms with van der Waals surface area (Å²) >= 11 is 0. The maximum absolute atomic E-state index is 14.3. The number of amides is 4. The summed E-state index contributed by atoms with van der Waals surface area (Å²) in [5.41, 5.74) is 1.69. The summed E-state index contributed by atoms with van der Waals surface area (Å²) in [5.74, 6) is -3.21. The lowest BCUT2D eigenvalue weighted by Gasteiger charge is -2.28. The Balaban J connectivity index is 1.55. The van der Waals surface area contributed by atoms with Crippen molar-refractivity contribution in [2.75, 3.05) is 32.9 Å². The van der Waals surface area contributed by atoms with Gasteiger partial charge in [-0.15, -0.1) is 0 Å². The first-order chi connectivity index (χ1) is 30.5. The number of nitrogens with one attached hydrogen (secondary N) is 4. The summed E-state index contributed by atoms with van der Waals surface area (Å²) in [6, 6.07) is 19.5. The number of ether oxygens (including phenoxy) is 3. The van der Waals surface area contributed by atoms with Crippen LogP contribution in [0, 0.1) is 5.92 Å². The molecule has 0 saturated carbocycles. The number of aryl methyl sites for hydroxylation is 1. The third-order valence-corrected chi connectivity index (χ3v) is 10.7. The monoisotopic (exact) mass is 883 g/mol. The molecular formula is C49H65N5O10. The van der Waals surface area contributed by atoms with Gasteiger partial charge in [0, 0.05) is 33.0 Å². The van der Waals surface area contributed by atoms with Crippen molar-refractivity contribution in [1.29, 1.82) is 0 Å². The van der Waals surface area contributed by atoms with Crippen LogP contribution in [0.2, 0.25) is 0 Å². The van der Waals surface area contributed by atoms with Crippen LogP contribution in [0.4, 0.5) is 0 Å². The Bertz CT molecular complexity index is 2060. The number of hydrogen-bond donors (Lipinski definition) is 4. The van der Waals surface area contributed by atoms with E-state index < -0.39 is 59.4 Å². The highest BCUT2D eigenvalue weighted by Crippen LogP contribution is 2.28. The van der Waals surface area contributed by atoms with Gasteiger partial charge in [-0.3, -0.25) is 38.5 Å². The topological polar surface area (TPSA) is 202 Å². The van der Waals surface area contributed by atoms with Crippen LogP contribution in [0.15, 0.2) is 78.9 Å². The minimum Gasteiger partial charge on any atom is -0.426 e. The molecule has 4 rings (SSSR count). The molecule has 1 fully saturated rings. The highest BCUT2D eigenvalue weighted by atomic mass is 16.6. The lowest BCUT2D eigenvalue weighted by molar-refractivity contribution is -0.135. The Labute approximate surface area is 376 Å². The molecule has 5 atom stereocenters. The molecule has 0 aliphatic carbocycles. The van der Waals surface area contributed by atoms with E-state index in [0.717, 1.165) is 17.5 Å². The van der Waals surface area contributed by atoms with Crippen molar-refractivity contribution in [2.45, 2.75) is 117 Å². The zero-order valence-corrected chi connectivity index (χ0v) is 38.2. The van der Waals surface area contributed by atoms with E-state index in [1.54, 1.807) is 32.0 Å². The Morgan fingerprint density at radius 2 is 1.36 bits per heavy atom. The van der Waals surface area contributed by atoms with Gasteiger partial charge in [0.1, 0.15) is 29.5 Å². The van der Waals surface area contributed by atoms with E-state index in [0.29, 0.717) is 31.7 Å². The molecule has 3 aromatic rings. The van der Waals surface area contributed by atoms with Crippen LogP contribution < -0.4 is 26.0 Å². The van der Waals surface area contributed by atoms with Crippen molar-refractivity contribution in [2.24, 2.45) is 5.92 Å². The normalized spacial score (nSPS) is 16.2. The maximum Gasteiger partial charge on any atom is 0.308 e. The van der Waals surface area contributed by atoms with E-state index in [4.69, 9.17) is 14.2 Å². The average Bonchev–Trinajstić information content (AvgIpc) is 4.01. The molecule has 0 bridgehead atoms. The lowest BCUT2D eigenvalue weighted by Crippen LogP contribution is -2.59. The standard InChI is InChI=1S/C49H65N5O10/c1-8-24-62-25-23-54(29-38-20-22-43(64-35(6)56)39(27-38)34(5)55)30-44(57)51-40(21-19-36-15-11-9-12-16-36)46(59)52-41(26-32(2)3)48(61)53-42(28-37-17-13-10-14-18-37)47(60)50-33(4)45(58)49(7)31-63-49/h9-18,20,22,27,32-33,40-42H,8,19,21,23-26,28-31H2,1-7H3,(H,50,60)(H,51,57)(H,52,59)(H,53,61)/t33-,40-,41-,42-,49+/m0/s1. The van der Waals surface area contributed by atoms with Crippen molar-refractivity contribution in [3.63, 3.8) is 0 Å². The summed E-state index contributed by atoms with van der Waals surface area (Å²) in [4.78, 5) is 95.2. The Hall–Kier alpha value is -5.77. The molecule has 15 nitrogen and oxygen atoms in total. The van der Waals surface area contributed by atoms with Crippen LogP contribution in [-0.4, -0.2) is 109 Å². The van der Waals surface area contributed by atoms with Crippen molar-refractivity contribution in [3.05, 3.63) is 101 Å². The number of Topliss-reactive ketones (excluding diaryl/α,β-unsaturated/α-hetero) is 2. The highest BCUT2D eigenvalue weighted by molar-refractivity contribution is 5.99. The molecular weight excluding hydrogens is 819 g/mol. The van der Waals surface area contributed by atoms with Gasteiger partial charge in [0.05, 0.1) is 31.4 Å². The summed E-state index contributed by atoms with van der Waals surface area (Å²) in [6.45, 7) is 13.3. The number of carbonyl (C=O) groups excluding carboxylic acids is 7. The van der Waals surface area contributed by atoms with Gasteiger partial charge in [0.25, 0.3) is 0 Å². The second-order valence-corrected chi connectivity index (χ2v) is 17.0. The third kappa shape index (κ3) is 16.7. The summed E-state index contributed by atoms with van der Waals surface area (Å²) in [6.07, 6.45) is 1.81. The molecule has 1 aliphatic heterocycles. The molecule has 15 heteroatoms. The smallest absolute Gasteiger partial charge is 0.308 e. The molecule has 3 aromatic carbocycles. The fourth-order valence-electron chi connectivity index (χ4n) is 7.17. The van der Waals surface area contributed by atoms with Crippen LogP contribution in [0.5, 0.6) is 5.75 Å². The second-order valence-electron chi connectivity index (χ2n) is 17.0. The third-order valence-electron chi connectivity index (χ3n) is 10.7. The van der Waals surface area contributed by atoms with Gasteiger partial charge in [-0.05, 0) is 81.2 Å². The number of benzene rings is 3. The highest BCUT2D eigenvalue weighted by Gasteiger charge is 2.49. The minimum absolute atomic E-state index is 0.0539. The number of nitrogens with zero attached hydrogens (tertiary/aromatic N) is 1. The molecule has 1 aliphatic rings. The summed E-state index contributed by atoms with van der Waals surface area (Å²) < 4.78 is 16.3. The lowest BCUT2D eigenvalue weighted by atomic mass is 9.99. The average molecular weight is 884 g/mol. The fraction of sp³-hybridized carbons (Fsp3) is 0.490. The first kappa shape index (κ1) is 50.9. The van der Waals surface area contributed by atoms with Gasteiger partial charge in [-0.2, -0.15) is 0 Å². The quantitative estimate of drug-likeness (QED) is 0.0280. The maximum atomic E-state index is 14.3. The fourth-order valence-corrected chi connectivity index (χ4v) is 7.17. The molecule has 0 radical (unpaired) electrons. The second kappa shape index (κ2) is 24.9. The van der Waals surface area contributed by atoms with E-state index in [1.807, 2.05) is 86.3 Å². The predicted octanol–water partition coefficient (Wildman–Crippen LogP) is 4.28. The zero-order chi connectivity index (χ0) is 46.8. The number of rotatable bonds is 27. The van der Waals surface area contributed by atoms with E-state index in [1.165, 1.54) is 13.8 Å². The first-order valence-corrected chi connectivity index (χ1v) is 22.1.